The summed E-state index contributed by atoms with van der Waals surface area (Å²) >= 11 is 20.6. The zero-order valence-corrected chi connectivity index (χ0v) is 18.2. The normalized spacial score (nSPS) is 14.3. The molecule has 0 aliphatic carbocycles. The molecule has 0 rings (SSSR count). The van der Waals surface area contributed by atoms with Gasteiger partial charge in [-0.05, 0) is 25.7 Å². The maximum Gasteiger partial charge on any atom is 0.427 e. The van der Waals surface area contributed by atoms with E-state index in [1.165, 1.54) is 0 Å². The molecule has 0 aromatic heterocycles. The molecule has 18 heteroatoms. The molecule has 0 fully saturated rings. The van der Waals surface area contributed by atoms with Crippen LogP contribution in [0.2, 0.25) is 0 Å². The molecule has 0 saturated heterocycles. The first kappa shape index (κ1) is 31.4. The van der Waals surface area contributed by atoms with Gasteiger partial charge in [-0.15, -0.1) is 0 Å². The van der Waals surface area contributed by atoms with Crippen LogP contribution in [-0.4, -0.2) is 44.8 Å². The monoisotopic (exact) mass is 574 g/mol. The molecular weight excluding hydrogens is 564 g/mol. The minimum Gasteiger partial charge on any atom is -0.240 e. The van der Waals surface area contributed by atoms with Gasteiger partial charge in [0, 0.05) is 12.8 Å². The second-order valence-electron chi connectivity index (χ2n) is 6.24. The Morgan fingerprint density at radius 1 is 0.531 bits per heavy atom. The fraction of sp³-hybridized carbons (Fsp3) is 0.857. The van der Waals surface area contributed by atoms with Crippen molar-refractivity contribution < 1.29 is 63.3 Å². The van der Waals surface area contributed by atoms with Crippen LogP contribution in [-0.2, 0) is 19.4 Å². The number of hydrogen-bond acceptors (Lipinski definition) is 4. The average Bonchev–Trinajstić information content (AvgIpc) is 2.55. The molecule has 0 bridgehead atoms. The predicted octanol–water partition coefficient (Wildman–Crippen LogP) is 7.07. The molecule has 0 aliphatic heterocycles. The summed E-state index contributed by atoms with van der Waals surface area (Å²) in [6.45, 7) is 0. The van der Waals surface area contributed by atoms with Crippen molar-refractivity contribution in [1.29, 1.82) is 0 Å². The van der Waals surface area contributed by atoms with Gasteiger partial charge in [0.1, 0.15) is 0 Å². The summed E-state index contributed by atoms with van der Waals surface area (Å²) in [5.41, 5.74) is 0. The van der Waals surface area contributed by atoms with Crippen LogP contribution in [0.15, 0.2) is 0 Å². The molecular formula is C14H12Cl4F10O4. The van der Waals surface area contributed by atoms with E-state index in [4.69, 9.17) is 46.4 Å². The molecule has 0 spiro atoms. The van der Waals surface area contributed by atoms with Gasteiger partial charge in [-0.25, -0.2) is 19.4 Å². The molecule has 0 amide bonds. The fourth-order valence-electron chi connectivity index (χ4n) is 1.81. The molecule has 0 saturated carbocycles. The molecule has 0 heterocycles. The second-order valence-corrected chi connectivity index (χ2v) is 9.20. The first-order chi connectivity index (χ1) is 14.0. The highest BCUT2D eigenvalue weighted by Crippen LogP contribution is 2.46. The number of alkyl halides is 14. The van der Waals surface area contributed by atoms with Crippen LogP contribution in [0.3, 0.4) is 0 Å². The minimum atomic E-state index is -5.05. The van der Waals surface area contributed by atoms with E-state index in [0.717, 1.165) is 0 Å². The molecule has 0 aromatic rings. The van der Waals surface area contributed by atoms with E-state index in [-0.39, 0.29) is 0 Å². The third-order valence-corrected chi connectivity index (χ3v) is 5.23. The Balaban J connectivity index is 5.04. The van der Waals surface area contributed by atoms with Crippen LogP contribution >= 0.6 is 46.4 Å². The molecule has 32 heavy (non-hydrogen) atoms. The highest BCUT2D eigenvalue weighted by atomic mass is 35.5. The van der Waals surface area contributed by atoms with Gasteiger partial charge in [-0.3, -0.25) is 0 Å². The SMILES string of the molecule is O=C(OOC(=O)C(F)(F)C(Cl)(Cl)CCCC(F)(F)F)C(F)(F)C(Cl)(Cl)CCCC(F)(F)F. The van der Waals surface area contributed by atoms with E-state index < -0.39 is 83.3 Å². The molecule has 0 radical (unpaired) electrons. The van der Waals surface area contributed by atoms with Crippen molar-refractivity contribution in [2.45, 2.75) is 71.4 Å². The summed E-state index contributed by atoms with van der Waals surface area (Å²) < 4.78 is 121. The second kappa shape index (κ2) is 10.8. The number of carbonyl (C=O) groups excluding carboxylic acids is 2. The first-order valence-corrected chi connectivity index (χ1v) is 9.55. The van der Waals surface area contributed by atoms with Crippen LogP contribution in [0.5, 0.6) is 0 Å². The van der Waals surface area contributed by atoms with Crippen LogP contribution in [0.1, 0.15) is 38.5 Å². The topological polar surface area (TPSA) is 52.6 Å². The standard InChI is InChI=1S/C14H12Cl4F10O4/c15-9(16,3-1-5-11(19,20)21)13(25,26)7(29)31-32-8(30)14(27,28)10(17,18)4-2-6-12(22,23)24/h1-6H2. The highest BCUT2D eigenvalue weighted by Gasteiger charge is 2.62. The Labute approximate surface area is 193 Å². The van der Waals surface area contributed by atoms with Gasteiger partial charge in [0.15, 0.2) is 8.67 Å². The van der Waals surface area contributed by atoms with Crippen LogP contribution < -0.4 is 0 Å². The van der Waals surface area contributed by atoms with Crippen molar-refractivity contribution >= 4 is 58.3 Å². The lowest BCUT2D eigenvalue weighted by molar-refractivity contribution is -0.287. The van der Waals surface area contributed by atoms with E-state index in [1.807, 2.05) is 0 Å². The van der Waals surface area contributed by atoms with Crippen LogP contribution in [0.25, 0.3) is 0 Å². The number of rotatable bonds is 10. The fourth-order valence-corrected chi connectivity index (χ4v) is 2.66. The molecule has 190 valence electrons. The van der Waals surface area contributed by atoms with Crippen LogP contribution in [0, 0.1) is 0 Å². The Morgan fingerprint density at radius 2 is 0.781 bits per heavy atom. The van der Waals surface area contributed by atoms with E-state index in [0.29, 0.717) is 0 Å². The Kier molecular flexibility index (Phi) is 10.6. The van der Waals surface area contributed by atoms with E-state index in [1.54, 1.807) is 0 Å². The van der Waals surface area contributed by atoms with Gasteiger partial charge >= 0.3 is 36.1 Å². The van der Waals surface area contributed by atoms with Crippen molar-refractivity contribution in [3.63, 3.8) is 0 Å². The van der Waals surface area contributed by atoms with Gasteiger partial charge in [-0.1, -0.05) is 46.4 Å². The number of carbonyl (C=O) groups is 2. The summed E-state index contributed by atoms with van der Waals surface area (Å²) in [6, 6.07) is 0. The highest BCUT2D eigenvalue weighted by molar-refractivity contribution is 6.50. The molecule has 4 nitrogen and oxygen atoms in total. The van der Waals surface area contributed by atoms with Crippen molar-refractivity contribution in [3.05, 3.63) is 0 Å². The molecule has 0 N–H and O–H groups in total. The molecule has 0 atom stereocenters. The van der Waals surface area contributed by atoms with Crippen LogP contribution in [0.4, 0.5) is 43.9 Å². The maximum absolute atomic E-state index is 13.9. The van der Waals surface area contributed by atoms with Crippen molar-refractivity contribution in [3.8, 4) is 0 Å². The average molecular weight is 576 g/mol. The van der Waals surface area contributed by atoms with E-state index in [2.05, 4.69) is 9.78 Å². The van der Waals surface area contributed by atoms with Crippen molar-refractivity contribution in [1.82, 2.24) is 0 Å². The van der Waals surface area contributed by atoms with Gasteiger partial charge < -0.3 is 0 Å². The smallest absolute Gasteiger partial charge is 0.240 e. The zero-order valence-electron chi connectivity index (χ0n) is 15.2. The summed E-state index contributed by atoms with van der Waals surface area (Å²) in [5, 5.41) is 0. The molecule has 0 unspecified atom stereocenters. The lowest BCUT2D eigenvalue weighted by Gasteiger charge is -2.28. The van der Waals surface area contributed by atoms with Crippen molar-refractivity contribution in [2.24, 2.45) is 0 Å². The van der Waals surface area contributed by atoms with Gasteiger partial charge in [-0.2, -0.15) is 43.9 Å². The lowest BCUT2D eigenvalue weighted by atomic mass is 10.1. The maximum atomic E-state index is 13.9. The first-order valence-electron chi connectivity index (χ1n) is 8.04. The Bertz CT molecular complexity index is 609. The minimum absolute atomic E-state index is 1.07. The Hall–Kier alpha value is -0.600. The quantitative estimate of drug-likeness (QED) is 0.121. The van der Waals surface area contributed by atoms with E-state index >= 15 is 0 Å². The Morgan fingerprint density at radius 3 is 1.00 bits per heavy atom. The van der Waals surface area contributed by atoms with Crippen molar-refractivity contribution in [2.75, 3.05) is 0 Å². The van der Waals surface area contributed by atoms with E-state index in [9.17, 15) is 53.5 Å². The number of halogens is 14. The summed E-state index contributed by atoms with van der Waals surface area (Å²) in [4.78, 5) is 29.2. The lowest BCUT2D eigenvalue weighted by Crippen LogP contribution is -2.49. The zero-order chi connectivity index (χ0) is 25.8. The summed E-state index contributed by atoms with van der Waals surface area (Å²) in [6.07, 6.45) is -17.6. The summed E-state index contributed by atoms with van der Waals surface area (Å²) in [7, 11) is 0. The largest absolute Gasteiger partial charge is 0.427 e. The number of hydrogen-bond donors (Lipinski definition) is 0. The van der Waals surface area contributed by atoms with Gasteiger partial charge in [0.25, 0.3) is 0 Å². The molecule has 0 aromatic carbocycles. The summed E-state index contributed by atoms with van der Waals surface area (Å²) in [5.74, 6) is -16.0. The predicted molar refractivity (Wildman–Crippen MR) is 90.8 cm³/mol. The van der Waals surface area contributed by atoms with Gasteiger partial charge in [0.05, 0.1) is 0 Å². The third kappa shape index (κ3) is 9.34. The van der Waals surface area contributed by atoms with Gasteiger partial charge in [0.2, 0.25) is 0 Å². The third-order valence-electron chi connectivity index (χ3n) is 3.53. The molecule has 0 aliphatic rings.